The SMILES string of the molecule is C/C=C/C=C/CCCC/C=C/C(=O)C1=C[C@]2(O)[C@H](C(=O)[O-])CCN2C1=O. The van der Waals surface area contributed by atoms with E-state index in [0.717, 1.165) is 30.2 Å². The molecule has 6 nitrogen and oxygen atoms in total. The molecule has 0 saturated carbocycles. The van der Waals surface area contributed by atoms with Crippen molar-refractivity contribution in [3.8, 4) is 0 Å². The quantitative estimate of drug-likeness (QED) is 0.287. The molecule has 140 valence electrons. The average molecular weight is 358 g/mol. The summed E-state index contributed by atoms with van der Waals surface area (Å²) in [6.07, 6.45) is 15.8. The van der Waals surface area contributed by atoms with Gasteiger partial charge < -0.3 is 19.9 Å². The highest BCUT2D eigenvalue weighted by molar-refractivity contribution is 6.25. The zero-order valence-corrected chi connectivity index (χ0v) is 14.9. The van der Waals surface area contributed by atoms with Crippen LogP contribution < -0.4 is 5.11 Å². The number of carbonyl (C=O) groups is 3. The first-order chi connectivity index (χ1) is 12.4. The van der Waals surface area contributed by atoms with E-state index in [0.29, 0.717) is 6.42 Å². The second-order valence-corrected chi connectivity index (χ2v) is 6.46. The summed E-state index contributed by atoms with van der Waals surface area (Å²) in [5, 5.41) is 21.6. The molecule has 0 spiro atoms. The molecule has 2 rings (SSSR count). The van der Waals surface area contributed by atoms with Gasteiger partial charge >= 0.3 is 0 Å². The molecular formula is C20H24NO5-. The van der Waals surface area contributed by atoms with Crippen LogP contribution in [0.2, 0.25) is 0 Å². The number of unbranched alkanes of at least 4 members (excludes halogenated alkanes) is 3. The van der Waals surface area contributed by atoms with Crippen molar-refractivity contribution < 1.29 is 24.6 Å². The van der Waals surface area contributed by atoms with E-state index < -0.39 is 29.3 Å². The van der Waals surface area contributed by atoms with Crippen LogP contribution in [-0.2, 0) is 14.4 Å². The van der Waals surface area contributed by atoms with Gasteiger partial charge in [-0.25, -0.2) is 0 Å². The number of hydrogen-bond donors (Lipinski definition) is 1. The topological polar surface area (TPSA) is 97.7 Å². The van der Waals surface area contributed by atoms with Crippen LogP contribution in [0.3, 0.4) is 0 Å². The molecule has 2 aliphatic heterocycles. The van der Waals surface area contributed by atoms with Gasteiger partial charge in [-0.1, -0.05) is 30.4 Å². The zero-order chi connectivity index (χ0) is 19.2. The molecule has 1 saturated heterocycles. The Labute approximate surface area is 153 Å². The Kier molecular flexibility index (Phi) is 6.69. The van der Waals surface area contributed by atoms with Crippen LogP contribution in [0.1, 0.15) is 39.0 Å². The fraction of sp³-hybridized carbons (Fsp3) is 0.450. The number of aliphatic carboxylic acids is 1. The Morgan fingerprint density at radius 2 is 2.00 bits per heavy atom. The van der Waals surface area contributed by atoms with E-state index in [2.05, 4.69) is 6.08 Å². The van der Waals surface area contributed by atoms with Gasteiger partial charge in [0.15, 0.2) is 11.5 Å². The first-order valence-electron chi connectivity index (χ1n) is 8.88. The van der Waals surface area contributed by atoms with E-state index in [1.807, 2.05) is 25.2 Å². The Morgan fingerprint density at radius 3 is 2.65 bits per heavy atom. The highest BCUT2D eigenvalue weighted by Crippen LogP contribution is 2.40. The summed E-state index contributed by atoms with van der Waals surface area (Å²) >= 11 is 0. The number of fused-ring (bicyclic) bond motifs is 1. The second kappa shape index (κ2) is 8.76. The Hall–Kier alpha value is -2.47. The van der Waals surface area contributed by atoms with E-state index in [1.54, 1.807) is 6.08 Å². The molecule has 1 amide bonds. The van der Waals surface area contributed by atoms with Gasteiger partial charge in [-0.15, -0.1) is 0 Å². The van der Waals surface area contributed by atoms with Crippen molar-refractivity contribution in [1.82, 2.24) is 4.90 Å². The molecule has 2 aliphatic rings. The number of aliphatic hydroxyl groups is 1. The number of rotatable bonds is 9. The molecule has 2 heterocycles. The summed E-state index contributed by atoms with van der Waals surface area (Å²) < 4.78 is 0. The molecule has 2 atom stereocenters. The molecule has 6 heteroatoms. The van der Waals surface area contributed by atoms with Crippen molar-refractivity contribution >= 4 is 17.7 Å². The summed E-state index contributed by atoms with van der Waals surface area (Å²) in [7, 11) is 0. The maximum absolute atomic E-state index is 12.3. The van der Waals surface area contributed by atoms with Crippen molar-refractivity contribution in [2.24, 2.45) is 5.92 Å². The van der Waals surface area contributed by atoms with E-state index in [1.165, 1.54) is 6.08 Å². The predicted molar refractivity (Wildman–Crippen MR) is 94.4 cm³/mol. The number of carboxylic acids is 1. The third kappa shape index (κ3) is 4.19. The normalized spacial score (nSPS) is 25.6. The van der Waals surface area contributed by atoms with E-state index >= 15 is 0 Å². The van der Waals surface area contributed by atoms with Crippen molar-refractivity contribution in [1.29, 1.82) is 0 Å². The van der Waals surface area contributed by atoms with Crippen molar-refractivity contribution in [3.05, 3.63) is 48.1 Å². The fourth-order valence-corrected chi connectivity index (χ4v) is 3.26. The lowest BCUT2D eigenvalue weighted by molar-refractivity contribution is -0.316. The first kappa shape index (κ1) is 19.8. The Bertz CT molecular complexity index is 688. The van der Waals surface area contributed by atoms with Crippen LogP contribution in [0, 0.1) is 5.92 Å². The summed E-state index contributed by atoms with van der Waals surface area (Å²) in [6, 6.07) is 0. The maximum Gasteiger partial charge on any atom is 0.260 e. The summed E-state index contributed by atoms with van der Waals surface area (Å²) in [6.45, 7) is 2.05. The molecular weight excluding hydrogens is 334 g/mol. The summed E-state index contributed by atoms with van der Waals surface area (Å²) in [5.41, 5.74) is -2.13. The van der Waals surface area contributed by atoms with Crippen LogP contribution in [0.25, 0.3) is 0 Å². The maximum atomic E-state index is 12.3. The highest BCUT2D eigenvalue weighted by Gasteiger charge is 2.54. The lowest BCUT2D eigenvalue weighted by atomic mass is 9.95. The number of hydrogen-bond acceptors (Lipinski definition) is 5. The van der Waals surface area contributed by atoms with Crippen LogP contribution in [-0.4, -0.2) is 39.9 Å². The number of nitrogens with zero attached hydrogens (tertiary/aromatic N) is 1. The van der Waals surface area contributed by atoms with Gasteiger partial charge in [-0.3, -0.25) is 9.59 Å². The van der Waals surface area contributed by atoms with Crippen molar-refractivity contribution in [2.45, 2.75) is 44.8 Å². The van der Waals surface area contributed by atoms with Gasteiger partial charge in [-0.2, -0.15) is 0 Å². The van der Waals surface area contributed by atoms with Gasteiger partial charge in [-0.05, 0) is 51.2 Å². The number of carboxylic acid groups (broad SMARTS) is 1. The van der Waals surface area contributed by atoms with Crippen LogP contribution in [0.5, 0.6) is 0 Å². The van der Waals surface area contributed by atoms with E-state index in [4.69, 9.17) is 0 Å². The standard InChI is InChI=1S/C20H25NO5/c1-2-3-4-5-6-7-8-9-10-11-17(22)15-14-20(26)16(19(24)25)12-13-21(20)18(15)23/h2-5,10-11,14,16,26H,6-9,12-13H2,1H3,(H,24,25)/p-1/b3-2+,5-4+,11-10+/t16-,20-/m0/s1. The van der Waals surface area contributed by atoms with Crippen molar-refractivity contribution in [3.63, 3.8) is 0 Å². The van der Waals surface area contributed by atoms with Crippen LogP contribution >= 0.6 is 0 Å². The lowest BCUT2D eigenvalue weighted by Crippen LogP contribution is -2.50. The molecule has 0 aromatic rings. The lowest BCUT2D eigenvalue weighted by Gasteiger charge is -2.30. The molecule has 0 aromatic carbocycles. The molecule has 0 unspecified atom stereocenters. The molecule has 0 radical (unpaired) electrons. The molecule has 0 aromatic heterocycles. The Balaban J connectivity index is 1.87. The number of allylic oxidation sites excluding steroid dienone is 6. The van der Waals surface area contributed by atoms with Gasteiger partial charge in [0.25, 0.3) is 5.91 Å². The largest absolute Gasteiger partial charge is 0.550 e. The second-order valence-electron chi connectivity index (χ2n) is 6.46. The fourth-order valence-electron chi connectivity index (χ4n) is 3.26. The third-order valence-electron chi connectivity index (χ3n) is 4.67. The molecule has 26 heavy (non-hydrogen) atoms. The van der Waals surface area contributed by atoms with E-state index in [9.17, 15) is 24.6 Å². The van der Waals surface area contributed by atoms with Gasteiger partial charge in [0.05, 0.1) is 11.5 Å². The predicted octanol–water partition coefficient (Wildman–Crippen LogP) is 1.03. The van der Waals surface area contributed by atoms with Gasteiger partial charge in [0.2, 0.25) is 0 Å². The smallest absolute Gasteiger partial charge is 0.260 e. The zero-order valence-electron chi connectivity index (χ0n) is 14.9. The third-order valence-corrected chi connectivity index (χ3v) is 4.67. The van der Waals surface area contributed by atoms with Gasteiger partial charge in [0.1, 0.15) is 0 Å². The number of carbonyl (C=O) groups excluding carboxylic acids is 3. The van der Waals surface area contributed by atoms with Crippen molar-refractivity contribution in [2.75, 3.05) is 6.54 Å². The number of ketones is 1. The van der Waals surface area contributed by atoms with Crippen LogP contribution in [0.15, 0.2) is 48.1 Å². The minimum atomic E-state index is -1.95. The number of amides is 1. The first-order valence-corrected chi connectivity index (χ1v) is 8.88. The monoisotopic (exact) mass is 358 g/mol. The van der Waals surface area contributed by atoms with E-state index in [-0.39, 0.29) is 18.5 Å². The minimum absolute atomic E-state index is 0.0890. The summed E-state index contributed by atoms with van der Waals surface area (Å²) in [4.78, 5) is 36.7. The highest BCUT2D eigenvalue weighted by atomic mass is 16.4. The molecule has 0 bridgehead atoms. The minimum Gasteiger partial charge on any atom is -0.550 e. The van der Waals surface area contributed by atoms with Crippen LogP contribution in [0.4, 0.5) is 0 Å². The average Bonchev–Trinajstić information content (AvgIpc) is 3.06. The molecule has 1 fully saturated rings. The Morgan fingerprint density at radius 1 is 1.31 bits per heavy atom. The molecule has 1 N–H and O–H groups in total. The van der Waals surface area contributed by atoms with Gasteiger partial charge in [0, 0.05) is 12.5 Å². The molecule has 0 aliphatic carbocycles. The summed E-state index contributed by atoms with van der Waals surface area (Å²) in [5.74, 6) is -3.77.